The fourth-order valence-corrected chi connectivity index (χ4v) is 6.67. The van der Waals surface area contributed by atoms with Gasteiger partial charge in [0.1, 0.15) is 0 Å². The van der Waals surface area contributed by atoms with E-state index in [9.17, 15) is 9.59 Å². The fourth-order valence-electron chi connectivity index (χ4n) is 6.67. The third-order valence-electron chi connectivity index (χ3n) is 7.36. The van der Waals surface area contributed by atoms with Crippen LogP contribution in [0.1, 0.15) is 72.9 Å². The summed E-state index contributed by atoms with van der Waals surface area (Å²) in [5.41, 5.74) is 3.15. The quantitative estimate of drug-likeness (QED) is 0.824. The monoisotopic (exact) mass is 367 g/mol. The number of rotatable bonds is 4. The first-order chi connectivity index (χ1) is 13.1. The number of amides is 1. The maximum atomic E-state index is 12.5. The molecule has 0 atom stereocenters. The van der Waals surface area contributed by atoms with Crippen LogP contribution in [-0.2, 0) is 22.4 Å². The van der Waals surface area contributed by atoms with Gasteiger partial charge in [-0.3, -0.25) is 4.79 Å². The van der Waals surface area contributed by atoms with Crippen molar-refractivity contribution in [3.63, 3.8) is 0 Å². The maximum Gasteiger partial charge on any atom is 0.338 e. The van der Waals surface area contributed by atoms with Gasteiger partial charge >= 0.3 is 5.97 Å². The number of fused-ring (bicyclic) bond motifs is 1. The van der Waals surface area contributed by atoms with Gasteiger partial charge in [-0.1, -0.05) is 6.07 Å². The molecule has 27 heavy (non-hydrogen) atoms. The van der Waals surface area contributed by atoms with Gasteiger partial charge in [0, 0.05) is 5.54 Å². The Hall–Kier alpha value is -1.84. The Balaban J connectivity index is 1.18. The summed E-state index contributed by atoms with van der Waals surface area (Å²) < 4.78 is 5.34. The molecule has 4 fully saturated rings. The van der Waals surface area contributed by atoms with Crippen LogP contribution in [0.5, 0.6) is 0 Å². The van der Waals surface area contributed by atoms with Gasteiger partial charge in [-0.2, -0.15) is 0 Å². The number of carbonyl (C=O) groups excluding carboxylic acids is 2. The topological polar surface area (TPSA) is 55.4 Å². The first-order valence-corrected chi connectivity index (χ1v) is 10.7. The van der Waals surface area contributed by atoms with Crippen molar-refractivity contribution in [2.75, 3.05) is 6.61 Å². The molecular weight excluding hydrogens is 338 g/mol. The largest absolute Gasteiger partial charge is 0.452 e. The predicted octanol–water partition coefficient (Wildman–Crippen LogP) is 3.81. The second kappa shape index (κ2) is 6.65. The first-order valence-electron chi connectivity index (χ1n) is 10.7. The molecule has 4 saturated carbocycles. The van der Waals surface area contributed by atoms with Crippen LogP contribution >= 0.6 is 0 Å². The molecule has 1 N–H and O–H groups in total. The molecule has 144 valence electrons. The molecule has 0 spiro atoms. The summed E-state index contributed by atoms with van der Waals surface area (Å²) in [6.45, 7) is -0.169. The average Bonchev–Trinajstić information content (AvgIpc) is 2.64. The minimum atomic E-state index is -0.385. The van der Waals surface area contributed by atoms with Gasteiger partial charge in [-0.25, -0.2) is 4.79 Å². The second-order valence-corrected chi connectivity index (χ2v) is 9.51. The van der Waals surface area contributed by atoms with Crippen molar-refractivity contribution in [1.82, 2.24) is 5.32 Å². The first kappa shape index (κ1) is 17.3. The van der Waals surface area contributed by atoms with Crippen molar-refractivity contribution in [1.29, 1.82) is 0 Å². The summed E-state index contributed by atoms with van der Waals surface area (Å²) in [6.07, 6.45) is 11.9. The molecule has 6 rings (SSSR count). The number of ether oxygens (including phenoxy) is 1. The molecule has 4 bridgehead atoms. The van der Waals surface area contributed by atoms with Crippen molar-refractivity contribution in [2.45, 2.75) is 69.7 Å². The molecule has 4 heteroatoms. The van der Waals surface area contributed by atoms with Crippen LogP contribution < -0.4 is 5.32 Å². The maximum absolute atomic E-state index is 12.5. The van der Waals surface area contributed by atoms with Crippen LogP contribution in [-0.4, -0.2) is 24.0 Å². The van der Waals surface area contributed by atoms with E-state index in [0.717, 1.165) is 49.9 Å². The summed E-state index contributed by atoms with van der Waals surface area (Å²) in [5.74, 6) is 1.84. The average molecular weight is 367 g/mol. The van der Waals surface area contributed by atoms with Gasteiger partial charge in [0.15, 0.2) is 6.61 Å². The van der Waals surface area contributed by atoms with Gasteiger partial charge in [0.05, 0.1) is 5.56 Å². The van der Waals surface area contributed by atoms with Crippen molar-refractivity contribution in [2.24, 2.45) is 17.8 Å². The molecule has 4 nitrogen and oxygen atoms in total. The van der Waals surface area contributed by atoms with Crippen LogP contribution in [0.15, 0.2) is 18.2 Å². The summed E-state index contributed by atoms with van der Waals surface area (Å²) >= 11 is 0. The van der Waals surface area contributed by atoms with Crippen LogP contribution in [0.4, 0.5) is 0 Å². The van der Waals surface area contributed by atoms with E-state index in [1.807, 2.05) is 18.2 Å². The Labute approximate surface area is 161 Å². The minimum Gasteiger partial charge on any atom is -0.452 e. The number of hydrogen-bond donors (Lipinski definition) is 1. The lowest BCUT2D eigenvalue weighted by molar-refractivity contribution is -0.130. The molecule has 0 saturated heterocycles. The van der Waals surface area contributed by atoms with E-state index in [1.54, 1.807) is 0 Å². The fraction of sp³-hybridized carbons (Fsp3) is 0.652. The Kier molecular flexibility index (Phi) is 4.25. The third-order valence-corrected chi connectivity index (χ3v) is 7.36. The van der Waals surface area contributed by atoms with Crippen LogP contribution in [0.2, 0.25) is 0 Å². The van der Waals surface area contributed by atoms with E-state index in [0.29, 0.717) is 5.56 Å². The molecule has 0 heterocycles. The summed E-state index contributed by atoms with van der Waals surface area (Å²) in [7, 11) is 0. The molecule has 0 aromatic heterocycles. The van der Waals surface area contributed by atoms with Crippen LogP contribution in [0.3, 0.4) is 0 Å². The van der Waals surface area contributed by atoms with Gasteiger partial charge < -0.3 is 10.1 Å². The number of aryl methyl sites for hydroxylation is 2. The summed E-state index contributed by atoms with van der Waals surface area (Å²) in [6, 6.07) is 5.83. The minimum absolute atomic E-state index is 0.0237. The van der Waals surface area contributed by atoms with Crippen molar-refractivity contribution < 1.29 is 14.3 Å². The molecule has 5 aliphatic rings. The summed E-state index contributed by atoms with van der Waals surface area (Å²) in [5, 5.41) is 3.27. The second-order valence-electron chi connectivity index (χ2n) is 9.51. The van der Waals surface area contributed by atoms with Gasteiger partial charge in [0.2, 0.25) is 0 Å². The van der Waals surface area contributed by atoms with Crippen LogP contribution in [0, 0.1) is 17.8 Å². The predicted molar refractivity (Wildman–Crippen MR) is 102 cm³/mol. The number of esters is 1. The third kappa shape index (κ3) is 3.39. The number of benzene rings is 1. The zero-order valence-electron chi connectivity index (χ0n) is 16.0. The highest BCUT2D eigenvalue weighted by Crippen LogP contribution is 2.55. The number of nitrogens with one attached hydrogen (secondary N) is 1. The smallest absolute Gasteiger partial charge is 0.338 e. The number of hydrogen-bond acceptors (Lipinski definition) is 3. The lowest BCUT2D eigenvalue weighted by atomic mass is 9.53. The molecule has 5 aliphatic carbocycles. The molecular formula is C23H29NO3. The Bertz CT molecular complexity index is 734. The van der Waals surface area contributed by atoms with Gasteiger partial charge in [-0.05, 0) is 105 Å². The lowest BCUT2D eigenvalue weighted by Gasteiger charge is -2.56. The van der Waals surface area contributed by atoms with E-state index in [4.69, 9.17) is 4.74 Å². The highest BCUT2D eigenvalue weighted by atomic mass is 16.5. The van der Waals surface area contributed by atoms with Crippen molar-refractivity contribution in [3.05, 3.63) is 34.9 Å². The Morgan fingerprint density at radius 3 is 2.26 bits per heavy atom. The van der Waals surface area contributed by atoms with Crippen LogP contribution in [0.25, 0.3) is 0 Å². The van der Waals surface area contributed by atoms with E-state index < -0.39 is 0 Å². The zero-order chi connectivity index (χ0) is 18.4. The normalized spacial score (nSPS) is 33.4. The molecule has 0 aliphatic heterocycles. The zero-order valence-corrected chi connectivity index (χ0v) is 16.0. The van der Waals surface area contributed by atoms with Gasteiger partial charge in [0.25, 0.3) is 5.91 Å². The van der Waals surface area contributed by atoms with E-state index in [2.05, 4.69) is 5.32 Å². The Morgan fingerprint density at radius 2 is 1.59 bits per heavy atom. The molecule has 1 aromatic carbocycles. The lowest BCUT2D eigenvalue weighted by Crippen LogP contribution is -2.60. The van der Waals surface area contributed by atoms with Gasteiger partial charge in [-0.15, -0.1) is 0 Å². The molecule has 0 unspecified atom stereocenters. The molecule has 1 amide bonds. The van der Waals surface area contributed by atoms with Crippen molar-refractivity contribution in [3.8, 4) is 0 Å². The molecule has 1 aromatic rings. The molecule has 0 radical (unpaired) electrons. The Morgan fingerprint density at radius 1 is 0.963 bits per heavy atom. The highest BCUT2D eigenvalue weighted by Gasteiger charge is 2.51. The number of carbonyl (C=O) groups is 2. The standard InChI is InChI=1S/C23H29NO3/c25-21(24-23-11-15-7-16(12-23)9-17(8-15)13-23)14-27-22(26)20-6-5-18-3-1-2-4-19(18)10-20/h5-6,10,15-17H,1-4,7-9,11-14H2,(H,24,25). The van der Waals surface area contributed by atoms with E-state index in [1.165, 1.54) is 43.2 Å². The SMILES string of the molecule is O=C(COC(=O)c1ccc2c(c1)CCCC2)NC12CC3CC(CC(C3)C1)C2. The van der Waals surface area contributed by atoms with E-state index >= 15 is 0 Å². The highest BCUT2D eigenvalue weighted by molar-refractivity contribution is 5.91. The van der Waals surface area contributed by atoms with E-state index in [-0.39, 0.29) is 24.0 Å². The summed E-state index contributed by atoms with van der Waals surface area (Å²) in [4.78, 5) is 24.9. The van der Waals surface area contributed by atoms with Crippen molar-refractivity contribution >= 4 is 11.9 Å².